The third-order valence-corrected chi connectivity index (χ3v) is 12.1. The van der Waals surface area contributed by atoms with Crippen molar-refractivity contribution in [1.29, 1.82) is 0 Å². The molecule has 1 aromatic carbocycles. The van der Waals surface area contributed by atoms with Gasteiger partial charge in [-0.05, 0) is 68.5 Å². The van der Waals surface area contributed by atoms with Gasteiger partial charge < -0.3 is 25.0 Å². The topological polar surface area (TPSA) is 196 Å². The Morgan fingerprint density at radius 3 is 2.61 bits per heavy atom. The van der Waals surface area contributed by atoms with Crippen LogP contribution in [0.25, 0.3) is 17.2 Å². The Morgan fingerprint density at radius 1 is 0.949 bits per heavy atom. The van der Waals surface area contributed by atoms with Gasteiger partial charge in [0, 0.05) is 68.8 Å². The SMILES string of the molecule is O=C1CCC(N2Cc3cc(N4CCN(CCCCc5nc(-c6ncc(NC(=O)Nc7cnc8ccnn8c7C7CCCCC7)cc6Cl)no5)CC4)ccc3C2=O)C(=O)N1. The molecule has 306 valence electrons. The van der Waals surface area contributed by atoms with Crippen LogP contribution in [0, 0.1) is 0 Å². The first-order valence-electron chi connectivity index (χ1n) is 20.4. The van der Waals surface area contributed by atoms with E-state index in [4.69, 9.17) is 16.1 Å². The summed E-state index contributed by atoms with van der Waals surface area (Å²) in [6.45, 7) is 4.88. The Labute approximate surface area is 344 Å². The van der Waals surface area contributed by atoms with Gasteiger partial charge in [0.1, 0.15) is 11.7 Å². The molecule has 3 N–H and O–H groups in total. The predicted octanol–water partition coefficient (Wildman–Crippen LogP) is 5.43. The minimum atomic E-state index is -0.616. The van der Waals surface area contributed by atoms with E-state index in [9.17, 15) is 19.2 Å². The van der Waals surface area contributed by atoms with Crippen LogP contribution in [-0.2, 0) is 22.6 Å². The molecule has 1 saturated carbocycles. The number of carbonyl (C=O) groups is 4. The summed E-state index contributed by atoms with van der Waals surface area (Å²) in [5.74, 6) is 0.228. The first-order valence-corrected chi connectivity index (χ1v) is 20.8. The molecule has 5 aromatic rings. The van der Waals surface area contributed by atoms with Crippen LogP contribution in [0.15, 0.2) is 53.4 Å². The molecular formula is C41H45ClN12O5. The number of aromatic nitrogens is 6. The van der Waals surface area contributed by atoms with Gasteiger partial charge in [0.25, 0.3) is 5.91 Å². The highest BCUT2D eigenvalue weighted by Crippen LogP contribution is 2.37. The van der Waals surface area contributed by atoms with Crippen molar-refractivity contribution in [2.24, 2.45) is 0 Å². The molecular weight excluding hydrogens is 776 g/mol. The van der Waals surface area contributed by atoms with Gasteiger partial charge in [0.2, 0.25) is 23.5 Å². The number of pyridine rings is 1. The first-order chi connectivity index (χ1) is 28.8. The number of piperazine rings is 1. The molecule has 5 amide bonds. The minimum absolute atomic E-state index is 0.157. The van der Waals surface area contributed by atoms with E-state index in [1.54, 1.807) is 23.4 Å². The largest absolute Gasteiger partial charge is 0.369 e. The van der Waals surface area contributed by atoms with Gasteiger partial charge in [-0.2, -0.15) is 10.1 Å². The first kappa shape index (κ1) is 38.6. The molecule has 3 aliphatic heterocycles. The molecule has 18 heteroatoms. The zero-order valence-corrected chi connectivity index (χ0v) is 33.3. The molecule has 4 aromatic heterocycles. The van der Waals surface area contributed by atoms with Crippen molar-refractivity contribution < 1.29 is 23.7 Å². The fourth-order valence-corrected chi connectivity index (χ4v) is 9.01. The van der Waals surface area contributed by atoms with E-state index in [1.165, 1.54) is 12.6 Å². The number of piperidine rings is 1. The summed E-state index contributed by atoms with van der Waals surface area (Å²) in [4.78, 5) is 70.1. The normalized spacial score (nSPS) is 19.0. The molecule has 1 atom stereocenters. The van der Waals surface area contributed by atoms with Crippen molar-refractivity contribution in [3.8, 4) is 11.5 Å². The van der Waals surface area contributed by atoms with Crippen LogP contribution in [0.2, 0.25) is 5.02 Å². The summed E-state index contributed by atoms with van der Waals surface area (Å²) in [7, 11) is 0. The Bertz CT molecular complexity index is 2400. The molecule has 7 heterocycles. The summed E-state index contributed by atoms with van der Waals surface area (Å²) in [5, 5.41) is 17.0. The van der Waals surface area contributed by atoms with E-state index < -0.39 is 18.0 Å². The van der Waals surface area contributed by atoms with Crippen LogP contribution < -0.4 is 20.9 Å². The highest BCUT2D eigenvalue weighted by atomic mass is 35.5. The highest BCUT2D eigenvalue weighted by molar-refractivity contribution is 6.33. The monoisotopic (exact) mass is 820 g/mol. The number of aryl methyl sites for hydroxylation is 1. The quantitative estimate of drug-likeness (QED) is 0.113. The summed E-state index contributed by atoms with van der Waals surface area (Å²) >= 11 is 6.61. The maximum atomic E-state index is 13.1. The predicted molar refractivity (Wildman–Crippen MR) is 218 cm³/mol. The number of unbranched alkanes of at least 4 members (excludes halogenated alkanes) is 1. The Balaban J connectivity index is 0.726. The van der Waals surface area contributed by atoms with Gasteiger partial charge in [-0.25, -0.2) is 19.3 Å². The lowest BCUT2D eigenvalue weighted by Crippen LogP contribution is -2.52. The number of amides is 5. The van der Waals surface area contributed by atoms with E-state index in [0.717, 1.165) is 93.8 Å². The second kappa shape index (κ2) is 16.7. The summed E-state index contributed by atoms with van der Waals surface area (Å²) in [5.41, 5.74) is 5.71. The maximum absolute atomic E-state index is 13.1. The number of hydrogen-bond acceptors (Lipinski definition) is 12. The summed E-state index contributed by atoms with van der Waals surface area (Å²) in [6, 6.07) is 8.33. The van der Waals surface area contributed by atoms with Crippen molar-refractivity contribution in [2.45, 2.75) is 82.7 Å². The average molecular weight is 821 g/mol. The highest BCUT2D eigenvalue weighted by Gasteiger charge is 2.39. The molecule has 9 rings (SSSR count). The Kier molecular flexibility index (Phi) is 10.9. The number of benzene rings is 1. The number of hydrogen-bond donors (Lipinski definition) is 3. The number of rotatable bonds is 11. The van der Waals surface area contributed by atoms with Crippen LogP contribution in [-0.4, -0.2) is 102 Å². The van der Waals surface area contributed by atoms with E-state index in [-0.39, 0.29) is 35.0 Å². The smallest absolute Gasteiger partial charge is 0.323 e. The number of imide groups is 1. The van der Waals surface area contributed by atoms with Gasteiger partial charge in [-0.1, -0.05) is 36.0 Å². The lowest BCUT2D eigenvalue weighted by atomic mass is 9.86. The van der Waals surface area contributed by atoms with Gasteiger partial charge >= 0.3 is 6.03 Å². The number of nitrogens with zero attached hydrogens (tertiary/aromatic N) is 9. The zero-order valence-electron chi connectivity index (χ0n) is 32.5. The van der Waals surface area contributed by atoms with Crippen LogP contribution in [0.5, 0.6) is 0 Å². The molecule has 0 bridgehead atoms. The standard InChI is InChI=1S/C41H45ClN12O5/c42-30-21-27(46-41(58)47-31-23-43-33-13-14-45-54(33)37(31)25-6-2-1-3-7-25)22-44-36(30)38-49-35(59-50-38)8-4-5-15-51-16-18-52(19-17-51)28-9-10-29-26(20-28)24-53(40(29)57)32-11-12-34(55)48-39(32)56/h9-10,13-14,20-23,25,32H,1-8,11-12,15-19,24H2,(H2,46,47,58)(H,48,55,56). The van der Waals surface area contributed by atoms with Crippen LogP contribution in [0.3, 0.4) is 0 Å². The average Bonchev–Trinajstić information content (AvgIpc) is 3.99. The van der Waals surface area contributed by atoms with Gasteiger partial charge in [0.05, 0.1) is 40.7 Å². The lowest BCUT2D eigenvalue weighted by molar-refractivity contribution is -0.136. The van der Waals surface area contributed by atoms with E-state index in [2.05, 4.69) is 57.0 Å². The molecule has 0 spiro atoms. The number of carbonyl (C=O) groups excluding carboxylic acids is 4. The third-order valence-electron chi connectivity index (χ3n) is 11.8. The van der Waals surface area contributed by atoms with E-state index in [1.807, 2.05) is 22.7 Å². The molecule has 1 unspecified atom stereocenters. The molecule has 4 aliphatic rings. The van der Waals surface area contributed by atoms with E-state index >= 15 is 0 Å². The fraction of sp³-hybridized carbons (Fsp3) is 0.439. The second-order valence-electron chi connectivity index (χ2n) is 15.7. The number of fused-ring (bicyclic) bond motifs is 2. The van der Waals surface area contributed by atoms with Crippen molar-refractivity contribution in [2.75, 3.05) is 48.3 Å². The van der Waals surface area contributed by atoms with Crippen LogP contribution >= 0.6 is 11.6 Å². The summed E-state index contributed by atoms with van der Waals surface area (Å²) in [6.07, 6.45) is 13.5. The van der Waals surface area contributed by atoms with Crippen molar-refractivity contribution >= 4 is 58.1 Å². The minimum Gasteiger partial charge on any atom is -0.369 e. The fourth-order valence-electron chi connectivity index (χ4n) is 8.76. The van der Waals surface area contributed by atoms with Crippen molar-refractivity contribution in [3.63, 3.8) is 0 Å². The van der Waals surface area contributed by atoms with Gasteiger partial charge in [-0.3, -0.25) is 24.6 Å². The van der Waals surface area contributed by atoms with Gasteiger partial charge in [-0.15, -0.1) is 0 Å². The Morgan fingerprint density at radius 2 is 1.80 bits per heavy atom. The zero-order chi connectivity index (χ0) is 40.5. The number of halogens is 1. The molecule has 0 radical (unpaired) electrons. The number of nitrogens with one attached hydrogen (secondary N) is 3. The molecule has 2 saturated heterocycles. The Hall–Kier alpha value is -5.94. The number of urea groups is 1. The second-order valence-corrected chi connectivity index (χ2v) is 16.1. The maximum Gasteiger partial charge on any atom is 0.323 e. The third kappa shape index (κ3) is 8.21. The van der Waals surface area contributed by atoms with Crippen molar-refractivity contribution in [1.82, 2.24) is 44.8 Å². The van der Waals surface area contributed by atoms with E-state index in [0.29, 0.717) is 47.9 Å². The number of anilines is 3. The molecule has 59 heavy (non-hydrogen) atoms. The van der Waals surface area contributed by atoms with Gasteiger partial charge in [0.15, 0.2) is 5.65 Å². The molecule has 17 nitrogen and oxygen atoms in total. The van der Waals surface area contributed by atoms with Crippen LogP contribution in [0.4, 0.5) is 21.9 Å². The van der Waals surface area contributed by atoms with Crippen molar-refractivity contribution in [3.05, 3.63) is 76.7 Å². The van der Waals surface area contributed by atoms with Crippen LogP contribution in [0.1, 0.15) is 91.2 Å². The summed E-state index contributed by atoms with van der Waals surface area (Å²) < 4.78 is 7.36. The lowest BCUT2D eigenvalue weighted by Gasteiger charge is -2.36. The molecule has 3 fully saturated rings. The molecule has 1 aliphatic carbocycles.